The summed E-state index contributed by atoms with van der Waals surface area (Å²) < 4.78 is 1.44. The molecule has 168 valence electrons. The van der Waals surface area contributed by atoms with Crippen LogP contribution in [0.4, 0.5) is 0 Å². The van der Waals surface area contributed by atoms with Gasteiger partial charge < -0.3 is 5.32 Å². The van der Waals surface area contributed by atoms with Crippen LogP contribution < -0.4 is 16.6 Å². The van der Waals surface area contributed by atoms with E-state index in [-0.39, 0.29) is 18.9 Å². The van der Waals surface area contributed by atoms with Gasteiger partial charge in [-0.2, -0.15) is 0 Å². The number of fused-ring (bicyclic) bond motifs is 1. The number of rotatable bonds is 7. The lowest BCUT2D eigenvalue weighted by atomic mass is 9.98. The van der Waals surface area contributed by atoms with Crippen molar-refractivity contribution in [2.24, 2.45) is 5.92 Å². The van der Waals surface area contributed by atoms with Gasteiger partial charge in [0.1, 0.15) is 0 Å². The number of piperidine rings is 1. The van der Waals surface area contributed by atoms with Crippen LogP contribution in [0.3, 0.4) is 0 Å². The molecule has 1 aliphatic rings. The Balaban J connectivity index is 1.33. The predicted octanol–water partition coefficient (Wildman–Crippen LogP) is 2.63. The molecule has 2 heterocycles. The van der Waals surface area contributed by atoms with Crippen molar-refractivity contribution >= 4 is 16.8 Å². The molecule has 7 heteroatoms. The molecule has 0 spiro atoms. The highest BCUT2D eigenvalue weighted by Gasteiger charge is 2.15. The summed E-state index contributed by atoms with van der Waals surface area (Å²) >= 11 is 0. The quantitative estimate of drug-likeness (QED) is 0.599. The van der Waals surface area contributed by atoms with E-state index in [9.17, 15) is 14.4 Å². The Bertz CT molecular complexity index is 1210. The predicted molar refractivity (Wildman–Crippen MR) is 125 cm³/mol. The molecule has 1 saturated heterocycles. The number of benzene rings is 2. The third-order valence-electron chi connectivity index (χ3n) is 6.23. The first-order valence-electron chi connectivity index (χ1n) is 11.3. The lowest BCUT2D eigenvalue weighted by Crippen LogP contribution is -2.32. The van der Waals surface area contributed by atoms with Crippen molar-refractivity contribution in [2.45, 2.75) is 45.8 Å². The molecule has 0 saturated carbocycles. The lowest BCUT2D eigenvalue weighted by Gasteiger charge is -2.30. The van der Waals surface area contributed by atoms with E-state index in [2.05, 4.69) is 34.3 Å². The molecule has 7 nitrogen and oxygen atoms in total. The standard InChI is InChI=1S/C25H30N4O3/c1-18-9-12-28(13-10-18)17-20-6-4-5-19(15-20)16-26-23(30)11-14-29-22-8-3-2-7-21(22)24(31)27-25(29)32/h2-8,15,18H,9-14,16-17H2,1H3,(H,26,30)(H,27,31,32). The largest absolute Gasteiger partial charge is 0.352 e. The number of carbonyl (C=O) groups excluding carboxylic acids is 1. The van der Waals surface area contributed by atoms with Crippen molar-refractivity contribution in [3.8, 4) is 0 Å². The number of aryl methyl sites for hydroxylation is 1. The van der Waals surface area contributed by atoms with Crippen molar-refractivity contribution in [1.82, 2.24) is 19.8 Å². The molecule has 2 N–H and O–H groups in total. The highest BCUT2D eigenvalue weighted by atomic mass is 16.2. The van der Waals surface area contributed by atoms with Crippen LogP contribution >= 0.6 is 0 Å². The van der Waals surface area contributed by atoms with E-state index in [0.717, 1.165) is 31.1 Å². The molecule has 3 aromatic rings. The molecule has 32 heavy (non-hydrogen) atoms. The molecular formula is C25H30N4O3. The van der Waals surface area contributed by atoms with Gasteiger partial charge in [-0.25, -0.2) is 4.79 Å². The van der Waals surface area contributed by atoms with Gasteiger partial charge >= 0.3 is 5.69 Å². The second kappa shape index (κ2) is 9.96. The summed E-state index contributed by atoms with van der Waals surface area (Å²) in [5, 5.41) is 3.38. The number of H-pyrrole nitrogens is 1. The summed E-state index contributed by atoms with van der Waals surface area (Å²) in [4.78, 5) is 41.4. The summed E-state index contributed by atoms with van der Waals surface area (Å²) in [5.41, 5.74) is 1.95. The first-order valence-corrected chi connectivity index (χ1v) is 11.3. The van der Waals surface area contributed by atoms with Gasteiger partial charge in [-0.15, -0.1) is 0 Å². The number of amides is 1. The topological polar surface area (TPSA) is 87.2 Å². The van der Waals surface area contributed by atoms with E-state index < -0.39 is 11.2 Å². The van der Waals surface area contributed by atoms with Crippen LogP contribution in [0, 0.1) is 5.92 Å². The summed E-state index contributed by atoms with van der Waals surface area (Å²) in [6, 6.07) is 15.3. The maximum Gasteiger partial charge on any atom is 0.328 e. The maximum atomic E-state index is 12.4. The zero-order chi connectivity index (χ0) is 22.5. The SMILES string of the molecule is CC1CCN(Cc2cccc(CNC(=O)CCn3c(=O)[nH]c(=O)c4ccccc43)c2)CC1. The van der Waals surface area contributed by atoms with Crippen LogP contribution in [-0.2, 0) is 24.4 Å². The Hall–Kier alpha value is -3.19. The molecule has 1 aliphatic heterocycles. The molecule has 1 amide bonds. The Kier molecular flexibility index (Phi) is 6.85. The van der Waals surface area contributed by atoms with Gasteiger partial charge in [0.2, 0.25) is 5.91 Å². The smallest absolute Gasteiger partial charge is 0.328 e. The van der Waals surface area contributed by atoms with E-state index >= 15 is 0 Å². The molecule has 0 unspecified atom stereocenters. The van der Waals surface area contributed by atoms with Gasteiger partial charge in [0, 0.05) is 26.1 Å². The van der Waals surface area contributed by atoms with Crippen molar-refractivity contribution < 1.29 is 4.79 Å². The summed E-state index contributed by atoms with van der Waals surface area (Å²) in [5.74, 6) is 0.681. The van der Waals surface area contributed by atoms with Crippen LogP contribution in [0.2, 0.25) is 0 Å². The van der Waals surface area contributed by atoms with Crippen molar-refractivity contribution in [3.63, 3.8) is 0 Å². The second-order valence-electron chi connectivity index (χ2n) is 8.73. The van der Waals surface area contributed by atoms with Gasteiger partial charge in [0.05, 0.1) is 10.9 Å². The van der Waals surface area contributed by atoms with Gasteiger partial charge in [-0.1, -0.05) is 43.3 Å². The third-order valence-corrected chi connectivity index (χ3v) is 6.23. The number of nitrogens with zero attached hydrogens (tertiary/aromatic N) is 2. The molecular weight excluding hydrogens is 404 g/mol. The number of hydrogen-bond donors (Lipinski definition) is 2. The number of nitrogens with one attached hydrogen (secondary N) is 2. The minimum absolute atomic E-state index is 0.136. The van der Waals surface area contributed by atoms with Gasteiger partial charge in [0.25, 0.3) is 5.56 Å². The van der Waals surface area contributed by atoms with E-state index in [0.29, 0.717) is 17.4 Å². The zero-order valence-electron chi connectivity index (χ0n) is 18.5. The minimum atomic E-state index is -0.499. The Morgan fingerprint density at radius 2 is 1.81 bits per heavy atom. The fraction of sp³-hybridized carbons (Fsp3) is 0.400. The number of aromatic nitrogens is 2. The molecule has 2 aromatic carbocycles. The Morgan fingerprint density at radius 1 is 1.06 bits per heavy atom. The maximum absolute atomic E-state index is 12.4. The van der Waals surface area contributed by atoms with E-state index in [1.54, 1.807) is 24.3 Å². The molecule has 0 aliphatic carbocycles. The highest BCUT2D eigenvalue weighted by Crippen LogP contribution is 2.18. The van der Waals surface area contributed by atoms with Crippen molar-refractivity contribution in [1.29, 1.82) is 0 Å². The Labute approximate surface area is 187 Å². The number of hydrogen-bond acceptors (Lipinski definition) is 4. The van der Waals surface area contributed by atoms with Crippen molar-refractivity contribution in [2.75, 3.05) is 13.1 Å². The third kappa shape index (κ3) is 5.34. The molecule has 0 atom stereocenters. The van der Waals surface area contributed by atoms with Crippen LogP contribution in [-0.4, -0.2) is 33.4 Å². The second-order valence-corrected chi connectivity index (χ2v) is 8.73. The summed E-state index contributed by atoms with van der Waals surface area (Å²) in [7, 11) is 0. The average molecular weight is 435 g/mol. The highest BCUT2D eigenvalue weighted by molar-refractivity contribution is 5.78. The molecule has 1 fully saturated rings. The van der Waals surface area contributed by atoms with Crippen LogP contribution in [0.15, 0.2) is 58.1 Å². The molecule has 1 aromatic heterocycles. The van der Waals surface area contributed by atoms with E-state index in [4.69, 9.17) is 0 Å². The van der Waals surface area contributed by atoms with Crippen LogP contribution in [0.1, 0.15) is 37.3 Å². The first kappa shape index (κ1) is 22.0. The zero-order valence-corrected chi connectivity index (χ0v) is 18.5. The molecule has 4 rings (SSSR count). The monoisotopic (exact) mass is 434 g/mol. The number of likely N-dealkylation sites (tertiary alicyclic amines) is 1. The number of para-hydroxylation sites is 1. The van der Waals surface area contributed by atoms with Crippen LogP contribution in [0.25, 0.3) is 10.9 Å². The lowest BCUT2D eigenvalue weighted by molar-refractivity contribution is -0.121. The van der Waals surface area contributed by atoms with Crippen molar-refractivity contribution in [3.05, 3.63) is 80.5 Å². The van der Waals surface area contributed by atoms with Gasteiger partial charge in [0.15, 0.2) is 0 Å². The normalized spacial score (nSPS) is 15.2. The summed E-state index contributed by atoms with van der Waals surface area (Å²) in [6.07, 6.45) is 2.66. The van der Waals surface area contributed by atoms with Gasteiger partial charge in [-0.3, -0.25) is 24.0 Å². The van der Waals surface area contributed by atoms with E-state index in [1.807, 2.05) is 12.1 Å². The minimum Gasteiger partial charge on any atom is -0.352 e. The average Bonchev–Trinajstić information content (AvgIpc) is 2.79. The Morgan fingerprint density at radius 3 is 2.62 bits per heavy atom. The number of carbonyl (C=O) groups is 1. The first-order chi connectivity index (χ1) is 15.5. The fourth-order valence-corrected chi connectivity index (χ4v) is 4.28. The summed E-state index contributed by atoms with van der Waals surface area (Å²) in [6.45, 7) is 6.19. The molecule has 0 bridgehead atoms. The fourth-order valence-electron chi connectivity index (χ4n) is 4.28. The number of aromatic amines is 1. The van der Waals surface area contributed by atoms with Gasteiger partial charge in [-0.05, 0) is 55.1 Å². The van der Waals surface area contributed by atoms with Crippen LogP contribution in [0.5, 0.6) is 0 Å². The molecule has 0 radical (unpaired) electrons. The van der Waals surface area contributed by atoms with E-state index in [1.165, 1.54) is 23.0 Å².